The molecule has 4 aliphatic rings. The molecule has 1 N–H and O–H groups in total. The number of thiophene rings is 1. The van der Waals surface area contributed by atoms with Crippen LogP contribution < -0.4 is 5.32 Å². The van der Waals surface area contributed by atoms with Crippen molar-refractivity contribution in [3.8, 4) is 0 Å². The van der Waals surface area contributed by atoms with Crippen LogP contribution in [0.15, 0.2) is 6.07 Å². The highest BCUT2D eigenvalue weighted by atomic mass is 35.5. The largest absolute Gasteiger partial charge is 0.447 e. The van der Waals surface area contributed by atoms with E-state index in [2.05, 4.69) is 18.3 Å². The van der Waals surface area contributed by atoms with E-state index in [0.717, 1.165) is 50.3 Å². The number of nitrogens with one attached hydrogen (secondary N) is 1. The zero-order chi connectivity index (χ0) is 19.4. The van der Waals surface area contributed by atoms with E-state index < -0.39 is 0 Å². The highest BCUT2D eigenvalue weighted by Crippen LogP contribution is 2.45. The van der Waals surface area contributed by atoms with Gasteiger partial charge in [-0.15, -0.1) is 23.7 Å². The van der Waals surface area contributed by atoms with Crippen LogP contribution in [0.1, 0.15) is 46.3 Å². The number of hydrogen-bond donors (Lipinski definition) is 1. The van der Waals surface area contributed by atoms with E-state index >= 15 is 0 Å². The zero-order valence-corrected chi connectivity index (χ0v) is 18.3. The van der Waals surface area contributed by atoms with Crippen molar-refractivity contribution in [3.05, 3.63) is 21.4 Å². The summed E-state index contributed by atoms with van der Waals surface area (Å²) in [5, 5.41) is 3.41. The molecule has 0 aromatic carbocycles. The summed E-state index contributed by atoms with van der Waals surface area (Å²) in [4.78, 5) is 31.1. The van der Waals surface area contributed by atoms with E-state index in [9.17, 15) is 9.59 Å². The summed E-state index contributed by atoms with van der Waals surface area (Å²) < 4.78 is 11.6. The number of piperazine rings is 1. The van der Waals surface area contributed by atoms with Crippen LogP contribution in [0.5, 0.6) is 0 Å². The van der Waals surface area contributed by atoms with Gasteiger partial charge in [0, 0.05) is 24.5 Å². The molecule has 7 nitrogen and oxygen atoms in total. The Morgan fingerprint density at radius 1 is 1.31 bits per heavy atom. The maximum Gasteiger partial charge on any atom is 0.410 e. The van der Waals surface area contributed by atoms with Crippen molar-refractivity contribution in [1.82, 2.24) is 15.1 Å². The number of halogens is 1. The third-order valence-electron chi connectivity index (χ3n) is 6.88. The van der Waals surface area contributed by atoms with E-state index in [4.69, 9.17) is 9.47 Å². The number of fused-ring (bicyclic) bond motifs is 3. The maximum absolute atomic E-state index is 13.4. The van der Waals surface area contributed by atoms with E-state index in [-0.39, 0.29) is 35.5 Å². The van der Waals surface area contributed by atoms with Gasteiger partial charge >= 0.3 is 6.09 Å². The molecule has 9 heteroatoms. The summed E-state index contributed by atoms with van der Waals surface area (Å²) in [6, 6.07) is 2.09. The molecule has 3 fully saturated rings. The molecule has 0 bridgehead atoms. The molecule has 1 spiro atoms. The fourth-order valence-corrected chi connectivity index (χ4v) is 6.50. The van der Waals surface area contributed by atoms with Crippen LogP contribution in [0.2, 0.25) is 0 Å². The molecule has 5 rings (SSSR count). The number of nitrogens with zero attached hydrogens (tertiary/aromatic N) is 2. The Balaban J connectivity index is 0.00000205. The predicted molar refractivity (Wildman–Crippen MR) is 112 cm³/mol. The van der Waals surface area contributed by atoms with Gasteiger partial charge in [0.25, 0.3) is 5.91 Å². The topological polar surface area (TPSA) is 71.1 Å². The number of carbonyl (C=O) groups is 2. The molecule has 1 aromatic heterocycles. The highest BCUT2D eigenvalue weighted by molar-refractivity contribution is 7.14. The lowest BCUT2D eigenvalue weighted by molar-refractivity contribution is -0.0771. The number of rotatable bonds is 2. The summed E-state index contributed by atoms with van der Waals surface area (Å²) >= 11 is 1.62. The van der Waals surface area contributed by atoms with Gasteiger partial charge in [-0.1, -0.05) is 6.92 Å². The predicted octanol–water partition coefficient (Wildman–Crippen LogP) is 2.38. The Kier molecular flexibility index (Phi) is 5.57. The Bertz CT molecular complexity index is 810. The molecule has 29 heavy (non-hydrogen) atoms. The van der Waals surface area contributed by atoms with Gasteiger partial charge in [-0.2, -0.15) is 0 Å². The number of hydrogen-bond acceptors (Lipinski definition) is 6. The lowest BCUT2D eigenvalue weighted by Crippen LogP contribution is -2.62. The minimum Gasteiger partial charge on any atom is -0.447 e. The fraction of sp³-hybridized carbons (Fsp3) is 0.700. The van der Waals surface area contributed by atoms with Crippen LogP contribution in [0.3, 0.4) is 0 Å². The quantitative estimate of drug-likeness (QED) is 0.763. The number of piperidine rings is 1. The molecule has 2 amide bonds. The lowest BCUT2D eigenvalue weighted by atomic mass is 9.86. The van der Waals surface area contributed by atoms with Crippen LogP contribution in [0.25, 0.3) is 0 Å². The Morgan fingerprint density at radius 3 is 2.86 bits per heavy atom. The summed E-state index contributed by atoms with van der Waals surface area (Å²) in [7, 11) is 0. The van der Waals surface area contributed by atoms with Crippen LogP contribution >= 0.6 is 23.7 Å². The first-order valence-corrected chi connectivity index (χ1v) is 11.1. The molecule has 0 aliphatic carbocycles. The first kappa shape index (κ1) is 20.9. The van der Waals surface area contributed by atoms with Gasteiger partial charge < -0.3 is 19.7 Å². The van der Waals surface area contributed by atoms with Crippen molar-refractivity contribution >= 4 is 35.7 Å². The summed E-state index contributed by atoms with van der Waals surface area (Å²) in [5.41, 5.74) is 0.697. The van der Waals surface area contributed by atoms with E-state index in [0.29, 0.717) is 26.2 Å². The maximum atomic E-state index is 13.4. The molecule has 0 radical (unpaired) electrons. The zero-order valence-electron chi connectivity index (χ0n) is 16.7. The molecule has 3 saturated heterocycles. The van der Waals surface area contributed by atoms with Crippen molar-refractivity contribution in [2.45, 2.75) is 43.7 Å². The molecular formula is C20H28ClN3O4S. The third-order valence-corrected chi connectivity index (χ3v) is 8.23. The van der Waals surface area contributed by atoms with E-state index in [1.807, 2.05) is 9.80 Å². The number of cyclic esters (lactones) is 1. The van der Waals surface area contributed by atoms with Crippen LogP contribution in [0.4, 0.5) is 4.79 Å². The monoisotopic (exact) mass is 441 g/mol. The van der Waals surface area contributed by atoms with Crippen LogP contribution in [-0.4, -0.2) is 73.3 Å². The molecule has 1 aromatic rings. The minimum absolute atomic E-state index is 0. The van der Waals surface area contributed by atoms with Crippen molar-refractivity contribution in [1.29, 1.82) is 0 Å². The second-order valence-electron chi connectivity index (χ2n) is 8.32. The second-order valence-corrected chi connectivity index (χ2v) is 9.37. The summed E-state index contributed by atoms with van der Waals surface area (Å²) in [5.74, 6) is 0.0790. The normalized spacial score (nSPS) is 27.8. The molecule has 1 unspecified atom stereocenters. The lowest BCUT2D eigenvalue weighted by Gasteiger charge is -2.44. The van der Waals surface area contributed by atoms with Crippen LogP contribution in [-0.2, 0) is 21.5 Å². The van der Waals surface area contributed by atoms with Crippen molar-refractivity contribution in [2.24, 2.45) is 0 Å². The SMILES string of the molecule is CCC12COC(=O)N1CCN(C(=O)c1cc3c(s1)C1(CCNCC1)OCC3)C2.Cl. The van der Waals surface area contributed by atoms with Crippen molar-refractivity contribution in [3.63, 3.8) is 0 Å². The molecule has 0 saturated carbocycles. The van der Waals surface area contributed by atoms with Gasteiger partial charge in [0.2, 0.25) is 0 Å². The number of carbonyl (C=O) groups excluding carboxylic acids is 2. The van der Waals surface area contributed by atoms with Gasteiger partial charge in [0.05, 0.1) is 17.0 Å². The molecule has 1 atom stereocenters. The van der Waals surface area contributed by atoms with Gasteiger partial charge in [-0.05, 0) is 50.4 Å². The molecule has 5 heterocycles. The smallest absolute Gasteiger partial charge is 0.410 e. The Hall–Kier alpha value is -1.35. The number of amides is 2. The minimum atomic E-state index is -0.374. The number of ether oxygens (including phenoxy) is 2. The Morgan fingerprint density at radius 2 is 2.10 bits per heavy atom. The fourth-order valence-electron chi connectivity index (χ4n) is 5.12. The molecular weight excluding hydrogens is 414 g/mol. The Labute approximate surface area is 181 Å². The van der Waals surface area contributed by atoms with Gasteiger partial charge in [0.15, 0.2) is 0 Å². The summed E-state index contributed by atoms with van der Waals surface area (Å²) in [6.07, 6.45) is 3.35. The first-order chi connectivity index (χ1) is 13.6. The van der Waals surface area contributed by atoms with Gasteiger partial charge in [-0.3, -0.25) is 9.69 Å². The van der Waals surface area contributed by atoms with Crippen LogP contribution in [0, 0.1) is 0 Å². The first-order valence-electron chi connectivity index (χ1n) is 10.3. The standard InChI is InChI=1S/C20H27N3O4S.ClH/c1-2-19-12-22(8-9-23(19)18(25)26-13-19)17(24)15-11-14-3-10-27-20(16(14)28-15)4-6-21-7-5-20;/h11,21H,2-10,12-13H2,1H3;1H. The average molecular weight is 442 g/mol. The highest BCUT2D eigenvalue weighted by Gasteiger charge is 2.50. The summed E-state index contributed by atoms with van der Waals surface area (Å²) in [6.45, 7) is 6.72. The van der Waals surface area contributed by atoms with Gasteiger partial charge in [-0.25, -0.2) is 4.79 Å². The van der Waals surface area contributed by atoms with Crippen molar-refractivity contribution in [2.75, 3.05) is 45.9 Å². The average Bonchev–Trinajstić information content (AvgIpc) is 3.31. The molecule has 160 valence electrons. The second kappa shape index (κ2) is 7.72. The van der Waals surface area contributed by atoms with E-state index in [1.54, 1.807) is 11.3 Å². The van der Waals surface area contributed by atoms with E-state index in [1.165, 1.54) is 10.4 Å². The van der Waals surface area contributed by atoms with Crippen molar-refractivity contribution < 1.29 is 19.1 Å². The van der Waals surface area contributed by atoms with Gasteiger partial charge in [0.1, 0.15) is 12.2 Å². The third kappa shape index (κ3) is 3.24. The molecule has 4 aliphatic heterocycles.